The van der Waals surface area contributed by atoms with Crippen LogP contribution in [0.5, 0.6) is 5.75 Å². The van der Waals surface area contributed by atoms with Crippen molar-refractivity contribution in [2.75, 3.05) is 6.61 Å². The van der Waals surface area contributed by atoms with Crippen LogP contribution in [0.1, 0.15) is 87.3 Å². The van der Waals surface area contributed by atoms with Crippen molar-refractivity contribution in [1.29, 1.82) is 0 Å². The molecule has 2 nitrogen and oxygen atoms in total. The molecular weight excluding hydrogens is 416 g/mol. The van der Waals surface area contributed by atoms with Crippen molar-refractivity contribution >= 4 is 0 Å². The maximum absolute atomic E-state index is 6.71. The zero-order valence-electron chi connectivity index (χ0n) is 20.7. The molecule has 5 rings (SSSR count). The highest BCUT2D eigenvalue weighted by molar-refractivity contribution is 5.79. The summed E-state index contributed by atoms with van der Waals surface area (Å²) in [5.74, 6) is 2.29. The van der Waals surface area contributed by atoms with Gasteiger partial charge in [-0.15, -0.1) is 0 Å². The minimum Gasteiger partial charge on any atom is -0.464 e. The fourth-order valence-corrected chi connectivity index (χ4v) is 5.78. The summed E-state index contributed by atoms with van der Waals surface area (Å²) in [6.07, 6.45) is 8.73. The van der Waals surface area contributed by atoms with Crippen LogP contribution >= 0.6 is 0 Å². The third-order valence-electron chi connectivity index (χ3n) is 7.98. The minimum atomic E-state index is -0.347. The molecule has 3 aromatic carbocycles. The molecule has 0 aliphatic heterocycles. The van der Waals surface area contributed by atoms with Crippen LogP contribution in [-0.2, 0) is 4.74 Å². The first-order valence-corrected chi connectivity index (χ1v) is 13.3. The first-order chi connectivity index (χ1) is 16.7. The summed E-state index contributed by atoms with van der Waals surface area (Å²) in [7, 11) is 0. The van der Waals surface area contributed by atoms with E-state index in [9.17, 15) is 0 Å². The summed E-state index contributed by atoms with van der Waals surface area (Å²) in [6.45, 7) is 5.27. The molecule has 2 aliphatic rings. The van der Waals surface area contributed by atoms with E-state index in [4.69, 9.17) is 9.47 Å². The summed E-state index contributed by atoms with van der Waals surface area (Å²) in [5.41, 5.74) is 6.56. The molecular formula is C32H38O2. The molecule has 1 fully saturated rings. The zero-order valence-corrected chi connectivity index (χ0v) is 20.7. The van der Waals surface area contributed by atoms with Crippen LogP contribution in [-0.4, -0.2) is 12.9 Å². The van der Waals surface area contributed by atoms with E-state index in [0.29, 0.717) is 5.92 Å². The standard InChI is InChI=1S/C32H38O2/c1-3-23(2)25-14-11-15-26(22-25)34-32(33-21-20-24-12-5-4-6-13-24)31-29-18-9-7-16-27(29)28-17-8-10-19-30(28)31/h7-11,14-19,22-24,31-32H,3-6,12-13,20-21H2,1-2H3. The molecule has 0 radical (unpaired) electrons. The van der Waals surface area contributed by atoms with Gasteiger partial charge in [0, 0.05) is 0 Å². The zero-order chi connectivity index (χ0) is 23.3. The van der Waals surface area contributed by atoms with Gasteiger partial charge in [0.15, 0.2) is 0 Å². The van der Waals surface area contributed by atoms with E-state index in [0.717, 1.165) is 31.1 Å². The first-order valence-electron chi connectivity index (χ1n) is 13.3. The SMILES string of the molecule is CCC(C)c1cccc(OC(OCCC2CCCCC2)C2c3ccccc3-c3ccccc32)c1. The minimum absolute atomic E-state index is 0.0750. The van der Waals surface area contributed by atoms with Gasteiger partial charge in [0.05, 0.1) is 12.5 Å². The van der Waals surface area contributed by atoms with Gasteiger partial charge in [0.1, 0.15) is 5.75 Å². The number of hydrogen-bond acceptors (Lipinski definition) is 2. The number of fused-ring (bicyclic) bond motifs is 3. The normalized spacial score (nSPS) is 17.7. The maximum Gasteiger partial charge on any atom is 0.210 e. The van der Waals surface area contributed by atoms with E-state index in [-0.39, 0.29) is 12.2 Å². The maximum atomic E-state index is 6.71. The van der Waals surface area contributed by atoms with Crippen molar-refractivity contribution in [3.63, 3.8) is 0 Å². The molecule has 2 unspecified atom stereocenters. The summed E-state index contributed by atoms with van der Waals surface area (Å²) in [4.78, 5) is 0. The van der Waals surface area contributed by atoms with Crippen molar-refractivity contribution in [2.24, 2.45) is 5.92 Å². The van der Waals surface area contributed by atoms with Gasteiger partial charge in [-0.3, -0.25) is 0 Å². The summed E-state index contributed by atoms with van der Waals surface area (Å²) >= 11 is 0. The van der Waals surface area contributed by atoms with E-state index < -0.39 is 0 Å². The highest BCUT2D eigenvalue weighted by atomic mass is 16.7. The highest BCUT2D eigenvalue weighted by Crippen LogP contribution is 2.47. The van der Waals surface area contributed by atoms with E-state index in [1.54, 1.807) is 0 Å². The Morgan fingerprint density at radius 2 is 1.50 bits per heavy atom. The van der Waals surface area contributed by atoms with Gasteiger partial charge >= 0.3 is 0 Å². The molecule has 0 amide bonds. The van der Waals surface area contributed by atoms with Crippen LogP contribution in [0.2, 0.25) is 0 Å². The first kappa shape index (κ1) is 23.2. The molecule has 0 bridgehead atoms. The predicted molar refractivity (Wildman–Crippen MR) is 140 cm³/mol. The number of rotatable bonds is 9. The summed E-state index contributed by atoms with van der Waals surface area (Å²) in [6, 6.07) is 26.1. The van der Waals surface area contributed by atoms with Gasteiger partial charge in [-0.05, 0) is 64.6 Å². The molecule has 0 aromatic heterocycles. The Bertz CT molecular complexity index is 1040. The topological polar surface area (TPSA) is 18.5 Å². The Balaban J connectivity index is 1.43. The van der Waals surface area contributed by atoms with E-state index in [2.05, 4.69) is 86.6 Å². The molecule has 0 heterocycles. The number of ether oxygens (including phenoxy) is 2. The molecule has 3 aromatic rings. The lowest BCUT2D eigenvalue weighted by molar-refractivity contribution is -0.0927. The van der Waals surface area contributed by atoms with Crippen LogP contribution in [0.4, 0.5) is 0 Å². The van der Waals surface area contributed by atoms with Gasteiger partial charge in [-0.2, -0.15) is 0 Å². The quantitative estimate of drug-likeness (QED) is 0.301. The Labute approximate surface area is 205 Å². The second kappa shape index (κ2) is 10.8. The molecule has 1 saturated carbocycles. The van der Waals surface area contributed by atoms with Crippen molar-refractivity contribution in [3.05, 3.63) is 89.5 Å². The molecule has 2 aliphatic carbocycles. The second-order valence-electron chi connectivity index (χ2n) is 10.2. The molecule has 0 spiro atoms. The average Bonchev–Trinajstić information content (AvgIpc) is 3.23. The van der Waals surface area contributed by atoms with Gasteiger partial charge in [0.25, 0.3) is 0 Å². The van der Waals surface area contributed by atoms with Crippen molar-refractivity contribution in [3.8, 4) is 16.9 Å². The van der Waals surface area contributed by atoms with Crippen LogP contribution in [0, 0.1) is 5.92 Å². The molecule has 2 atom stereocenters. The van der Waals surface area contributed by atoms with Crippen LogP contribution < -0.4 is 4.74 Å². The monoisotopic (exact) mass is 454 g/mol. The van der Waals surface area contributed by atoms with Crippen molar-refractivity contribution in [1.82, 2.24) is 0 Å². The largest absolute Gasteiger partial charge is 0.464 e. The lowest BCUT2D eigenvalue weighted by Crippen LogP contribution is -2.29. The highest BCUT2D eigenvalue weighted by Gasteiger charge is 2.36. The fourth-order valence-electron chi connectivity index (χ4n) is 5.78. The van der Waals surface area contributed by atoms with Crippen molar-refractivity contribution < 1.29 is 9.47 Å². The van der Waals surface area contributed by atoms with Crippen LogP contribution in [0.25, 0.3) is 11.1 Å². The van der Waals surface area contributed by atoms with E-state index in [1.165, 1.54) is 59.9 Å². The van der Waals surface area contributed by atoms with Crippen molar-refractivity contribution in [2.45, 2.75) is 76.9 Å². The molecule has 0 saturated heterocycles. The average molecular weight is 455 g/mol. The lowest BCUT2D eigenvalue weighted by Gasteiger charge is -2.28. The third kappa shape index (κ3) is 4.93. The van der Waals surface area contributed by atoms with Gasteiger partial charge < -0.3 is 9.47 Å². The molecule has 2 heteroatoms. The number of hydrogen-bond donors (Lipinski definition) is 0. The van der Waals surface area contributed by atoms with Gasteiger partial charge in [0.2, 0.25) is 6.29 Å². The molecule has 34 heavy (non-hydrogen) atoms. The molecule has 178 valence electrons. The summed E-state index contributed by atoms with van der Waals surface area (Å²) < 4.78 is 13.4. The summed E-state index contributed by atoms with van der Waals surface area (Å²) in [5, 5.41) is 0. The van der Waals surface area contributed by atoms with E-state index in [1.807, 2.05) is 0 Å². The Morgan fingerprint density at radius 3 is 2.18 bits per heavy atom. The second-order valence-corrected chi connectivity index (χ2v) is 10.2. The predicted octanol–water partition coefficient (Wildman–Crippen LogP) is 8.70. The lowest BCUT2D eigenvalue weighted by atomic mass is 9.87. The van der Waals surface area contributed by atoms with Crippen LogP contribution in [0.15, 0.2) is 72.8 Å². The Hall–Kier alpha value is -2.58. The number of benzene rings is 3. The Kier molecular flexibility index (Phi) is 7.35. The van der Waals surface area contributed by atoms with E-state index >= 15 is 0 Å². The third-order valence-corrected chi connectivity index (χ3v) is 7.98. The Morgan fingerprint density at radius 1 is 0.824 bits per heavy atom. The molecule has 0 N–H and O–H groups in total. The van der Waals surface area contributed by atoms with Crippen LogP contribution in [0.3, 0.4) is 0 Å². The fraction of sp³-hybridized carbons (Fsp3) is 0.438. The smallest absolute Gasteiger partial charge is 0.210 e. The van der Waals surface area contributed by atoms with Gasteiger partial charge in [-0.1, -0.05) is 107 Å². The van der Waals surface area contributed by atoms with Gasteiger partial charge in [-0.25, -0.2) is 0 Å².